The smallest absolute Gasteiger partial charge is 0.303 e. The lowest BCUT2D eigenvalue weighted by molar-refractivity contribution is -0.137. The molecule has 0 bridgehead atoms. The largest absolute Gasteiger partial charge is 0.481 e. The van der Waals surface area contributed by atoms with Crippen LogP contribution in [0.4, 0.5) is 0 Å². The van der Waals surface area contributed by atoms with Crippen LogP contribution >= 0.6 is 0 Å². The van der Waals surface area contributed by atoms with E-state index in [4.69, 9.17) is 5.11 Å². The molecule has 0 atom stereocenters. The molecule has 0 heterocycles. The number of unbranched alkanes of at least 4 members (excludes halogenated alkanes) is 9. The molecule has 0 fully saturated rings. The van der Waals surface area contributed by atoms with Crippen molar-refractivity contribution in [1.29, 1.82) is 0 Å². The Labute approximate surface area is 124 Å². The third-order valence-corrected chi connectivity index (χ3v) is 3.22. The Morgan fingerprint density at radius 1 is 1.00 bits per heavy atom. The predicted octanol–water partition coefficient (Wildman–Crippen LogP) is 5.33. The van der Waals surface area contributed by atoms with Gasteiger partial charge in [0, 0.05) is 12.8 Å². The third-order valence-electron chi connectivity index (χ3n) is 3.22. The first-order chi connectivity index (χ1) is 9.77. The summed E-state index contributed by atoms with van der Waals surface area (Å²) in [5.74, 6) is 5.59. The lowest BCUT2D eigenvalue weighted by Crippen LogP contribution is -1.93. The van der Waals surface area contributed by atoms with Crippen LogP contribution in [0.15, 0.2) is 12.2 Å². The Morgan fingerprint density at radius 2 is 1.70 bits per heavy atom. The van der Waals surface area contributed by atoms with E-state index < -0.39 is 5.97 Å². The fourth-order valence-corrected chi connectivity index (χ4v) is 1.98. The lowest BCUT2D eigenvalue weighted by Gasteiger charge is -1.97. The van der Waals surface area contributed by atoms with Crippen LogP contribution in [0, 0.1) is 11.8 Å². The van der Waals surface area contributed by atoms with Crippen LogP contribution < -0.4 is 0 Å². The SMILES string of the molecule is CCCCCCC#C/C=C/CCCCCCCC(=O)O. The molecule has 0 aromatic heterocycles. The molecule has 0 aliphatic carbocycles. The molecule has 0 aliphatic rings. The zero-order valence-corrected chi connectivity index (χ0v) is 13.0. The van der Waals surface area contributed by atoms with Crippen LogP contribution in [0.25, 0.3) is 0 Å². The quantitative estimate of drug-likeness (QED) is 0.387. The number of hydrogen-bond donors (Lipinski definition) is 1. The Morgan fingerprint density at radius 3 is 2.45 bits per heavy atom. The molecule has 20 heavy (non-hydrogen) atoms. The van der Waals surface area contributed by atoms with Gasteiger partial charge in [0.2, 0.25) is 0 Å². The summed E-state index contributed by atoms with van der Waals surface area (Å²) >= 11 is 0. The standard InChI is InChI=1S/C18H30O2/c1-2-3-4-5-6-7-8-9-10-11-12-13-14-15-16-17-18(19)20/h9-10H,2-6,11-17H2,1H3,(H,19,20)/b10-9+. The van der Waals surface area contributed by atoms with E-state index in [1.165, 1.54) is 38.5 Å². The summed E-state index contributed by atoms with van der Waals surface area (Å²) in [6.45, 7) is 2.22. The van der Waals surface area contributed by atoms with Crippen molar-refractivity contribution in [3.05, 3.63) is 12.2 Å². The second-order valence-electron chi connectivity index (χ2n) is 5.23. The highest BCUT2D eigenvalue weighted by atomic mass is 16.4. The molecule has 0 unspecified atom stereocenters. The highest BCUT2D eigenvalue weighted by molar-refractivity contribution is 5.66. The summed E-state index contributed by atoms with van der Waals surface area (Å²) < 4.78 is 0. The zero-order valence-electron chi connectivity index (χ0n) is 13.0. The molecule has 0 aliphatic heterocycles. The molecule has 0 saturated heterocycles. The minimum atomic E-state index is -0.679. The third kappa shape index (κ3) is 16.8. The molecule has 0 saturated carbocycles. The second kappa shape index (κ2) is 15.8. The Kier molecular flexibility index (Phi) is 14.9. The highest BCUT2D eigenvalue weighted by Crippen LogP contribution is 2.07. The van der Waals surface area contributed by atoms with Crippen molar-refractivity contribution in [2.75, 3.05) is 0 Å². The number of allylic oxidation sites excluding steroid dienone is 2. The number of carboxylic acid groups (broad SMARTS) is 1. The fourth-order valence-electron chi connectivity index (χ4n) is 1.98. The number of rotatable bonds is 12. The van der Waals surface area contributed by atoms with Gasteiger partial charge in [0.15, 0.2) is 0 Å². The van der Waals surface area contributed by atoms with Crippen molar-refractivity contribution in [3.63, 3.8) is 0 Å². The summed E-state index contributed by atoms with van der Waals surface area (Å²) in [5, 5.41) is 8.50. The van der Waals surface area contributed by atoms with Gasteiger partial charge in [0.25, 0.3) is 0 Å². The van der Waals surface area contributed by atoms with Crippen LogP contribution in [0.2, 0.25) is 0 Å². The monoisotopic (exact) mass is 278 g/mol. The molecule has 114 valence electrons. The molecule has 0 rings (SSSR count). The van der Waals surface area contributed by atoms with E-state index in [0.29, 0.717) is 6.42 Å². The first kappa shape index (κ1) is 18.8. The molecular weight excluding hydrogens is 248 g/mol. The Bertz CT molecular complexity index is 307. The minimum Gasteiger partial charge on any atom is -0.481 e. The van der Waals surface area contributed by atoms with Crippen molar-refractivity contribution >= 4 is 5.97 Å². The van der Waals surface area contributed by atoms with Crippen LogP contribution in [0.5, 0.6) is 0 Å². The maximum absolute atomic E-state index is 10.3. The van der Waals surface area contributed by atoms with Crippen molar-refractivity contribution < 1.29 is 9.90 Å². The minimum absolute atomic E-state index is 0.313. The van der Waals surface area contributed by atoms with Crippen molar-refractivity contribution in [3.8, 4) is 11.8 Å². The van der Waals surface area contributed by atoms with Crippen molar-refractivity contribution in [1.82, 2.24) is 0 Å². The molecule has 0 amide bonds. The van der Waals surface area contributed by atoms with E-state index in [1.54, 1.807) is 0 Å². The van der Waals surface area contributed by atoms with Gasteiger partial charge in [0.1, 0.15) is 0 Å². The number of aliphatic carboxylic acids is 1. The Hall–Kier alpha value is -1.23. The normalized spacial score (nSPS) is 10.4. The second-order valence-corrected chi connectivity index (χ2v) is 5.23. The van der Waals surface area contributed by atoms with Crippen molar-refractivity contribution in [2.24, 2.45) is 0 Å². The van der Waals surface area contributed by atoms with E-state index in [2.05, 4.69) is 24.8 Å². The molecular formula is C18H30O2. The van der Waals surface area contributed by atoms with Crippen LogP contribution in [-0.2, 0) is 4.79 Å². The number of hydrogen-bond acceptors (Lipinski definition) is 1. The first-order valence-corrected chi connectivity index (χ1v) is 8.12. The molecule has 2 heteroatoms. The molecule has 0 radical (unpaired) electrons. The molecule has 0 spiro atoms. The maximum Gasteiger partial charge on any atom is 0.303 e. The summed E-state index contributed by atoms with van der Waals surface area (Å²) in [6.07, 6.45) is 17.0. The van der Waals surface area contributed by atoms with Gasteiger partial charge in [-0.3, -0.25) is 4.79 Å². The Balaban J connectivity index is 3.23. The summed E-state index contributed by atoms with van der Waals surface area (Å²) in [4.78, 5) is 10.3. The van der Waals surface area contributed by atoms with Gasteiger partial charge in [0.05, 0.1) is 0 Å². The van der Waals surface area contributed by atoms with Gasteiger partial charge in [-0.25, -0.2) is 0 Å². The maximum atomic E-state index is 10.3. The first-order valence-electron chi connectivity index (χ1n) is 8.12. The lowest BCUT2D eigenvalue weighted by atomic mass is 10.1. The van der Waals surface area contributed by atoms with Crippen LogP contribution in [0.1, 0.15) is 84.0 Å². The van der Waals surface area contributed by atoms with Gasteiger partial charge >= 0.3 is 5.97 Å². The topological polar surface area (TPSA) is 37.3 Å². The summed E-state index contributed by atoms with van der Waals surface area (Å²) in [7, 11) is 0. The van der Waals surface area contributed by atoms with Gasteiger partial charge in [-0.15, -0.1) is 0 Å². The van der Waals surface area contributed by atoms with E-state index in [9.17, 15) is 4.79 Å². The van der Waals surface area contributed by atoms with E-state index in [0.717, 1.165) is 32.1 Å². The average molecular weight is 278 g/mol. The van der Waals surface area contributed by atoms with Crippen LogP contribution in [0.3, 0.4) is 0 Å². The van der Waals surface area contributed by atoms with E-state index in [-0.39, 0.29) is 0 Å². The molecule has 1 N–H and O–H groups in total. The zero-order chi connectivity index (χ0) is 14.9. The molecule has 0 aromatic carbocycles. The number of carboxylic acids is 1. The summed E-state index contributed by atoms with van der Waals surface area (Å²) in [6, 6.07) is 0. The van der Waals surface area contributed by atoms with E-state index >= 15 is 0 Å². The van der Waals surface area contributed by atoms with Gasteiger partial charge in [-0.2, -0.15) is 0 Å². The number of carbonyl (C=O) groups is 1. The van der Waals surface area contributed by atoms with Gasteiger partial charge < -0.3 is 5.11 Å². The summed E-state index contributed by atoms with van der Waals surface area (Å²) in [5.41, 5.74) is 0. The van der Waals surface area contributed by atoms with Crippen molar-refractivity contribution in [2.45, 2.75) is 84.0 Å². The van der Waals surface area contributed by atoms with Gasteiger partial charge in [-0.05, 0) is 31.8 Å². The van der Waals surface area contributed by atoms with E-state index in [1.807, 2.05) is 6.08 Å². The van der Waals surface area contributed by atoms with Crippen LogP contribution in [-0.4, -0.2) is 11.1 Å². The average Bonchev–Trinajstić information content (AvgIpc) is 2.43. The molecule has 0 aromatic rings. The fraction of sp³-hybridized carbons (Fsp3) is 0.722. The highest BCUT2D eigenvalue weighted by Gasteiger charge is 1.95. The predicted molar refractivity (Wildman–Crippen MR) is 85.6 cm³/mol. The molecule has 2 nitrogen and oxygen atoms in total. The van der Waals surface area contributed by atoms with Gasteiger partial charge in [-0.1, -0.05) is 63.4 Å².